The molecule has 8 nitrogen and oxygen atoms in total. The van der Waals surface area contributed by atoms with E-state index in [0.29, 0.717) is 22.2 Å². The highest BCUT2D eigenvalue weighted by Crippen LogP contribution is 2.36. The first-order valence-electron chi connectivity index (χ1n) is 7.64. The summed E-state index contributed by atoms with van der Waals surface area (Å²) in [6, 6.07) is 11.6. The van der Waals surface area contributed by atoms with Crippen LogP contribution in [0.4, 0.5) is 5.69 Å². The number of hydrogen-bond acceptors (Lipinski definition) is 6. The Morgan fingerprint density at radius 2 is 1.88 bits per heavy atom. The van der Waals surface area contributed by atoms with Crippen LogP contribution in [0.3, 0.4) is 0 Å². The molecule has 3 aromatic rings. The van der Waals surface area contributed by atoms with Gasteiger partial charge in [-0.15, -0.1) is 5.10 Å². The summed E-state index contributed by atoms with van der Waals surface area (Å²) in [6.07, 6.45) is 1.38. The van der Waals surface area contributed by atoms with Crippen molar-refractivity contribution in [2.24, 2.45) is 0 Å². The lowest BCUT2D eigenvalue weighted by Crippen LogP contribution is -2.27. The van der Waals surface area contributed by atoms with Crippen molar-refractivity contribution in [1.82, 2.24) is 20.2 Å². The Morgan fingerprint density at radius 3 is 2.50 bits per heavy atom. The van der Waals surface area contributed by atoms with Gasteiger partial charge in [0, 0.05) is 6.07 Å². The van der Waals surface area contributed by atoms with Crippen molar-refractivity contribution in [3.63, 3.8) is 0 Å². The van der Waals surface area contributed by atoms with Gasteiger partial charge in [0.25, 0.3) is 5.91 Å². The summed E-state index contributed by atoms with van der Waals surface area (Å²) < 4.78 is 11.9. The van der Waals surface area contributed by atoms with Crippen LogP contribution in [0.2, 0.25) is 5.02 Å². The number of anilines is 1. The molecule has 1 aromatic heterocycles. The summed E-state index contributed by atoms with van der Waals surface area (Å²) in [5, 5.41) is 14.3. The molecule has 0 bridgehead atoms. The zero-order valence-electron chi connectivity index (χ0n) is 14.1. The minimum absolute atomic E-state index is 0.344. The van der Waals surface area contributed by atoms with Crippen molar-refractivity contribution in [2.75, 3.05) is 19.5 Å². The maximum absolute atomic E-state index is 13.0. The van der Waals surface area contributed by atoms with E-state index in [2.05, 4.69) is 20.8 Å². The smallest absolute Gasteiger partial charge is 0.254 e. The van der Waals surface area contributed by atoms with E-state index in [1.54, 1.807) is 12.1 Å². The lowest BCUT2D eigenvalue weighted by molar-refractivity contribution is -0.118. The molecule has 3 rings (SSSR count). The van der Waals surface area contributed by atoms with Crippen LogP contribution >= 0.6 is 11.6 Å². The second kappa shape index (κ2) is 7.83. The Kier molecular flexibility index (Phi) is 5.33. The molecule has 1 N–H and O–H groups in total. The van der Waals surface area contributed by atoms with Crippen LogP contribution in [0, 0.1) is 0 Å². The van der Waals surface area contributed by atoms with Crippen LogP contribution < -0.4 is 14.8 Å². The summed E-state index contributed by atoms with van der Waals surface area (Å²) in [7, 11) is 3.00. The molecule has 0 saturated carbocycles. The lowest BCUT2D eigenvalue weighted by Gasteiger charge is -2.18. The standard InChI is InChI=1S/C17H16ClN5O3/c1-25-14-9-15(26-2)13(8-12(14)18)20-17(24)16(23-10-19-21-22-23)11-6-4-3-5-7-11/h3-10,16H,1-2H3,(H,20,24). The molecule has 1 unspecified atom stereocenters. The van der Waals surface area contributed by atoms with E-state index in [9.17, 15) is 4.79 Å². The molecule has 0 saturated heterocycles. The Hall–Kier alpha value is -3.13. The second-order valence-electron chi connectivity index (χ2n) is 5.28. The van der Waals surface area contributed by atoms with Gasteiger partial charge in [0.2, 0.25) is 0 Å². The molecule has 0 aliphatic heterocycles. The number of ether oxygens (including phenoxy) is 2. The molecule has 1 atom stereocenters. The van der Waals surface area contributed by atoms with Gasteiger partial charge in [-0.25, -0.2) is 4.68 Å². The van der Waals surface area contributed by atoms with Crippen LogP contribution in [0.1, 0.15) is 11.6 Å². The Labute approximate surface area is 154 Å². The first kappa shape index (κ1) is 17.7. The summed E-state index contributed by atoms with van der Waals surface area (Å²) in [4.78, 5) is 13.0. The number of aromatic nitrogens is 4. The number of tetrazole rings is 1. The van der Waals surface area contributed by atoms with Gasteiger partial charge in [-0.3, -0.25) is 4.79 Å². The van der Waals surface area contributed by atoms with Crippen molar-refractivity contribution >= 4 is 23.2 Å². The number of halogens is 1. The first-order chi connectivity index (χ1) is 12.6. The average Bonchev–Trinajstić information content (AvgIpc) is 3.17. The first-order valence-corrected chi connectivity index (χ1v) is 8.01. The molecule has 1 heterocycles. The largest absolute Gasteiger partial charge is 0.495 e. The third-order valence-corrected chi connectivity index (χ3v) is 4.02. The molecule has 0 aliphatic rings. The summed E-state index contributed by atoms with van der Waals surface area (Å²) >= 11 is 6.17. The highest BCUT2D eigenvalue weighted by molar-refractivity contribution is 6.32. The van der Waals surface area contributed by atoms with Crippen molar-refractivity contribution in [3.8, 4) is 11.5 Å². The number of methoxy groups -OCH3 is 2. The number of carbonyl (C=O) groups excluding carboxylic acids is 1. The Balaban J connectivity index is 1.95. The van der Waals surface area contributed by atoms with Crippen LogP contribution in [0.5, 0.6) is 11.5 Å². The molecule has 0 aliphatic carbocycles. The highest BCUT2D eigenvalue weighted by atomic mass is 35.5. The Bertz CT molecular complexity index is 887. The van der Waals surface area contributed by atoms with E-state index in [1.165, 1.54) is 25.2 Å². The number of nitrogens with zero attached hydrogens (tertiary/aromatic N) is 4. The van der Waals surface area contributed by atoms with Gasteiger partial charge in [-0.1, -0.05) is 41.9 Å². The van der Waals surface area contributed by atoms with Gasteiger partial charge in [0.15, 0.2) is 6.04 Å². The fourth-order valence-corrected chi connectivity index (χ4v) is 2.75. The van der Waals surface area contributed by atoms with Crippen molar-refractivity contribution < 1.29 is 14.3 Å². The number of hydrogen-bond donors (Lipinski definition) is 1. The summed E-state index contributed by atoms with van der Waals surface area (Å²) in [5.74, 6) is 0.521. The molecule has 0 spiro atoms. The Morgan fingerprint density at radius 1 is 1.15 bits per heavy atom. The number of nitrogens with one attached hydrogen (secondary N) is 1. The summed E-state index contributed by atoms with van der Waals surface area (Å²) in [5.41, 5.74) is 1.15. The van der Waals surface area contributed by atoms with E-state index in [0.717, 1.165) is 5.56 Å². The fourth-order valence-electron chi connectivity index (χ4n) is 2.51. The molecule has 0 radical (unpaired) electrons. The molecular weight excluding hydrogens is 358 g/mol. The van der Waals surface area contributed by atoms with Crippen LogP contribution in [0.25, 0.3) is 0 Å². The monoisotopic (exact) mass is 373 g/mol. The maximum atomic E-state index is 13.0. The average molecular weight is 374 g/mol. The minimum Gasteiger partial charge on any atom is -0.495 e. The molecule has 2 aromatic carbocycles. The van der Waals surface area contributed by atoms with Gasteiger partial charge in [0.1, 0.15) is 17.8 Å². The minimum atomic E-state index is -0.753. The van der Waals surface area contributed by atoms with Gasteiger partial charge in [0.05, 0.1) is 24.9 Å². The van der Waals surface area contributed by atoms with Gasteiger partial charge >= 0.3 is 0 Å². The third-order valence-electron chi connectivity index (χ3n) is 3.72. The van der Waals surface area contributed by atoms with Gasteiger partial charge < -0.3 is 14.8 Å². The van der Waals surface area contributed by atoms with Crippen LogP contribution in [0.15, 0.2) is 48.8 Å². The molecule has 1 amide bonds. The number of rotatable bonds is 6. The zero-order valence-corrected chi connectivity index (χ0v) is 14.8. The molecule has 26 heavy (non-hydrogen) atoms. The van der Waals surface area contributed by atoms with Crippen LogP contribution in [-0.4, -0.2) is 40.3 Å². The van der Waals surface area contributed by atoms with Gasteiger partial charge in [-0.2, -0.15) is 0 Å². The van der Waals surface area contributed by atoms with Crippen molar-refractivity contribution in [3.05, 3.63) is 59.4 Å². The third kappa shape index (κ3) is 3.60. The number of carbonyl (C=O) groups is 1. The topological polar surface area (TPSA) is 91.2 Å². The predicted molar refractivity (Wildman–Crippen MR) is 95.6 cm³/mol. The van der Waals surface area contributed by atoms with Crippen molar-refractivity contribution in [2.45, 2.75) is 6.04 Å². The van der Waals surface area contributed by atoms with E-state index < -0.39 is 6.04 Å². The number of amides is 1. The maximum Gasteiger partial charge on any atom is 0.254 e. The zero-order chi connectivity index (χ0) is 18.5. The predicted octanol–water partition coefficient (Wildman–Crippen LogP) is 2.57. The normalized spacial score (nSPS) is 11.7. The summed E-state index contributed by atoms with van der Waals surface area (Å²) in [6.45, 7) is 0. The van der Waals surface area contributed by atoms with Gasteiger partial charge in [-0.05, 0) is 22.1 Å². The second-order valence-corrected chi connectivity index (χ2v) is 5.69. The fraction of sp³-hybridized carbons (Fsp3) is 0.176. The lowest BCUT2D eigenvalue weighted by atomic mass is 10.1. The highest BCUT2D eigenvalue weighted by Gasteiger charge is 2.25. The van der Waals surface area contributed by atoms with Crippen molar-refractivity contribution in [1.29, 1.82) is 0 Å². The molecule has 0 fully saturated rings. The quantitative estimate of drug-likeness (QED) is 0.714. The van der Waals surface area contributed by atoms with E-state index in [-0.39, 0.29) is 5.91 Å². The molecule has 134 valence electrons. The van der Waals surface area contributed by atoms with E-state index in [4.69, 9.17) is 21.1 Å². The van der Waals surface area contributed by atoms with Crippen LogP contribution in [-0.2, 0) is 4.79 Å². The SMILES string of the molecule is COc1cc(OC)c(NC(=O)C(c2ccccc2)n2cnnn2)cc1Cl. The van der Waals surface area contributed by atoms with E-state index in [1.807, 2.05) is 30.3 Å². The molecular formula is C17H16ClN5O3. The van der Waals surface area contributed by atoms with E-state index >= 15 is 0 Å². The molecule has 9 heteroatoms. The number of benzene rings is 2.